The highest BCUT2D eigenvalue weighted by molar-refractivity contribution is 7.89. The first-order valence-electron chi connectivity index (χ1n) is 9.68. The third-order valence-electron chi connectivity index (χ3n) is 4.77. The fourth-order valence-corrected chi connectivity index (χ4v) is 4.58. The lowest BCUT2D eigenvalue weighted by Gasteiger charge is -2.26. The molecule has 0 spiro atoms. The van der Waals surface area contributed by atoms with E-state index in [1.165, 1.54) is 0 Å². The maximum Gasteiger partial charge on any atom is 0.338 e. The summed E-state index contributed by atoms with van der Waals surface area (Å²) in [6, 6.07) is 11.9. The second-order valence-electron chi connectivity index (χ2n) is 6.94. The molecule has 2 aromatic rings. The van der Waals surface area contributed by atoms with Crippen molar-refractivity contribution in [1.82, 2.24) is 9.62 Å². The Hall–Kier alpha value is -2.82. The molecule has 1 aliphatic heterocycles. The van der Waals surface area contributed by atoms with Crippen molar-refractivity contribution in [2.45, 2.75) is 17.9 Å². The van der Waals surface area contributed by atoms with Crippen molar-refractivity contribution in [3.63, 3.8) is 0 Å². The van der Waals surface area contributed by atoms with Gasteiger partial charge < -0.3 is 14.8 Å². The zero-order valence-electron chi connectivity index (χ0n) is 16.9. The first kappa shape index (κ1) is 22.9. The topological polar surface area (TPSA) is 102 Å². The quantitative estimate of drug-likeness (QED) is 0.647. The van der Waals surface area contributed by atoms with Crippen LogP contribution >= 0.6 is 0 Å². The van der Waals surface area contributed by atoms with Crippen molar-refractivity contribution in [3.05, 3.63) is 65.5 Å². The first-order valence-corrected chi connectivity index (χ1v) is 11.1. The minimum atomic E-state index is -4.14. The van der Waals surface area contributed by atoms with Crippen molar-refractivity contribution in [3.8, 4) is 0 Å². The molecule has 8 nitrogen and oxygen atoms in total. The number of nitrogens with zero attached hydrogens (tertiary/aromatic N) is 1. The number of nitrogens with one attached hydrogen (secondary N) is 1. The van der Waals surface area contributed by atoms with Gasteiger partial charge in [0.2, 0.25) is 10.0 Å². The summed E-state index contributed by atoms with van der Waals surface area (Å²) in [5.74, 6) is -2.42. The molecule has 1 N–H and O–H groups in total. The number of benzene rings is 2. The van der Waals surface area contributed by atoms with E-state index in [4.69, 9.17) is 9.47 Å². The first-order chi connectivity index (χ1) is 14.8. The Bertz CT molecular complexity index is 1040. The molecule has 10 heteroatoms. The van der Waals surface area contributed by atoms with Gasteiger partial charge in [-0.05, 0) is 30.7 Å². The molecule has 1 saturated heterocycles. The lowest BCUT2D eigenvalue weighted by atomic mass is 10.1. The fraction of sp³-hybridized carbons (Fsp3) is 0.333. The molecule has 1 fully saturated rings. The average molecular weight is 450 g/mol. The lowest BCUT2D eigenvalue weighted by molar-refractivity contribution is -0.124. The van der Waals surface area contributed by atoms with Crippen LogP contribution in [0.2, 0.25) is 0 Å². The van der Waals surface area contributed by atoms with Crippen LogP contribution in [0.25, 0.3) is 0 Å². The van der Waals surface area contributed by atoms with Gasteiger partial charge in [-0.2, -0.15) is 4.31 Å². The van der Waals surface area contributed by atoms with E-state index < -0.39 is 39.2 Å². The normalized spacial score (nSPS) is 15.8. The number of hydrogen-bond acceptors (Lipinski definition) is 6. The summed E-state index contributed by atoms with van der Waals surface area (Å²) in [5.41, 5.74) is 0.718. The van der Waals surface area contributed by atoms with Gasteiger partial charge in [-0.15, -0.1) is 0 Å². The van der Waals surface area contributed by atoms with Crippen molar-refractivity contribution in [2.24, 2.45) is 0 Å². The number of rotatable bonds is 7. The molecule has 0 saturated carbocycles. The van der Waals surface area contributed by atoms with Crippen LogP contribution in [0.1, 0.15) is 28.9 Å². The van der Waals surface area contributed by atoms with Crippen molar-refractivity contribution >= 4 is 21.9 Å². The van der Waals surface area contributed by atoms with Gasteiger partial charge in [0.25, 0.3) is 5.91 Å². The standard InChI is InChI=1S/C21H23FN2O6S/c1-15(16-5-3-2-4-6-16)23-20(25)14-30-21(26)17-7-8-18(22)19(13-17)31(27,28)24-9-11-29-12-10-24/h2-8,13,15H,9-12,14H2,1H3,(H,23,25)/t15-/m0/s1. The minimum Gasteiger partial charge on any atom is -0.452 e. The van der Waals surface area contributed by atoms with Crippen molar-refractivity contribution in [1.29, 1.82) is 0 Å². The molecular weight excluding hydrogens is 427 g/mol. The van der Waals surface area contributed by atoms with Gasteiger partial charge in [0.05, 0.1) is 24.8 Å². The number of esters is 1. The second-order valence-corrected chi connectivity index (χ2v) is 8.84. The molecule has 1 aliphatic rings. The van der Waals surface area contributed by atoms with E-state index in [0.29, 0.717) is 0 Å². The summed E-state index contributed by atoms with van der Waals surface area (Å²) in [5, 5.41) is 2.70. The molecule has 0 radical (unpaired) electrons. The number of amides is 1. The molecule has 1 atom stereocenters. The number of carbonyl (C=O) groups excluding carboxylic acids is 2. The third-order valence-corrected chi connectivity index (χ3v) is 6.68. The van der Waals surface area contributed by atoms with Gasteiger partial charge in [-0.1, -0.05) is 30.3 Å². The zero-order chi connectivity index (χ0) is 22.4. The van der Waals surface area contributed by atoms with Crippen LogP contribution in [-0.2, 0) is 24.3 Å². The minimum absolute atomic E-state index is 0.0935. The third kappa shape index (κ3) is 5.66. The smallest absolute Gasteiger partial charge is 0.338 e. The van der Waals surface area contributed by atoms with E-state index in [-0.39, 0.29) is 37.9 Å². The van der Waals surface area contributed by atoms with Crippen molar-refractivity contribution < 1.29 is 31.9 Å². The van der Waals surface area contributed by atoms with E-state index in [1.807, 2.05) is 30.3 Å². The molecule has 0 aromatic heterocycles. The van der Waals surface area contributed by atoms with Gasteiger partial charge in [0.1, 0.15) is 10.7 Å². The largest absolute Gasteiger partial charge is 0.452 e. The summed E-state index contributed by atoms with van der Waals surface area (Å²) >= 11 is 0. The number of sulfonamides is 1. The van der Waals surface area contributed by atoms with Gasteiger partial charge >= 0.3 is 5.97 Å². The molecule has 0 bridgehead atoms. The maximum absolute atomic E-state index is 14.2. The Morgan fingerprint density at radius 3 is 2.52 bits per heavy atom. The molecule has 1 amide bonds. The monoisotopic (exact) mass is 450 g/mol. The summed E-state index contributed by atoms with van der Waals surface area (Å²) in [6.45, 7) is 1.83. The van der Waals surface area contributed by atoms with Gasteiger partial charge in [0, 0.05) is 13.1 Å². The number of ether oxygens (including phenoxy) is 2. The van der Waals surface area contributed by atoms with E-state index in [1.54, 1.807) is 6.92 Å². The predicted molar refractivity (Wildman–Crippen MR) is 109 cm³/mol. The molecule has 3 rings (SSSR count). The lowest BCUT2D eigenvalue weighted by Crippen LogP contribution is -2.41. The second kappa shape index (κ2) is 9.99. The van der Waals surface area contributed by atoms with Gasteiger partial charge in [0.15, 0.2) is 6.61 Å². The van der Waals surface area contributed by atoms with Crippen LogP contribution in [0.5, 0.6) is 0 Å². The Labute approximate surface area is 180 Å². The summed E-state index contributed by atoms with van der Waals surface area (Å²) in [6.07, 6.45) is 0. The Kier molecular flexibility index (Phi) is 7.37. The summed E-state index contributed by atoms with van der Waals surface area (Å²) in [7, 11) is -4.14. The van der Waals surface area contributed by atoms with E-state index >= 15 is 0 Å². The number of carbonyl (C=O) groups is 2. The van der Waals surface area contributed by atoms with E-state index in [2.05, 4.69) is 5.32 Å². The van der Waals surface area contributed by atoms with Crippen LogP contribution in [0.4, 0.5) is 4.39 Å². The molecular formula is C21H23FN2O6S. The number of halogens is 1. The summed E-state index contributed by atoms with van der Waals surface area (Å²) in [4.78, 5) is 23.8. The van der Waals surface area contributed by atoms with E-state index in [0.717, 1.165) is 28.1 Å². The Morgan fingerprint density at radius 2 is 1.84 bits per heavy atom. The number of morpholine rings is 1. The number of hydrogen-bond donors (Lipinski definition) is 1. The predicted octanol–water partition coefficient (Wildman–Crippen LogP) is 1.88. The highest BCUT2D eigenvalue weighted by Gasteiger charge is 2.30. The van der Waals surface area contributed by atoms with Gasteiger partial charge in [-0.25, -0.2) is 17.6 Å². The molecule has 166 valence electrons. The van der Waals surface area contributed by atoms with Crippen LogP contribution in [0.3, 0.4) is 0 Å². The highest BCUT2D eigenvalue weighted by atomic mass is 32.2. The summed E-state index contributed by atoms with van der Waals surface area (Å²) < 4.78 is 50.9. The van der Waals surface area contributed by atoms with Gasteiger partial charge in [-0.3, -0.25) is 4.79 Å². The van der Waals surface area contributed by atoms with Crippen LogP contribution in [0, 0.1) is 5.82 Å². The van der Waals surface area contributed by atoms with Crippen LogP contribution < -0.4 is 5.32 Å². The van der Waals surface area contributed by atoms with Crippen molar-refractivity contribution in [2.75, 3.05) is 32.9 Å². The van der Waals surface area contributed by atoms with Crippen LogP contribution in [-0.4, -0.2) is 57.5 Å². The Morgan fingerprint density at radius 1 is 1.16 bits per heavy atom. The fourth-order valence-electron chi connectivity index (χ4n) is 3.08. The zero-order valence-corrected chi connectivity index (χ0v) is 17.7. The Balaban J connectivity index is 1.64. The SMILES string of the molecule is C[C@H](NC(=O)COC(=O)c1ccc(F)c(S(=O)(=O)N2CCOCC2)c1)c1ccccc1. The van der Waals surface area contributed by atoms with Crippen LogP contribution in [0.15, 0.2) is 53.4 Å². The molecule has 0 unspecified atom stereocenters. The molecule has 2 aromatic carbocycles. The molecule has 0 aliphatic carbocycles. The van der Waals surface area contributed by atoms with E-state index in [9.17, 15) is 22.4 Å². The maximum atomic E-state index is 14.2. The molecule has 1 heterocycles. The highest BCUT2D eigenvalue weighted by Crippen LogP contribution is 2.22. The average Bonchev–Trinajstić information content (AvgIpc) is 2.78. The molecule has 31 heavy (non-hydrogen) atoms.